The summed E-state index contributed by atoms with van der Waals surface area (Å²) in [5.41, 5.74) is 0.890. The molecule has 0 radical (unpaired) electrons. The van der Waals surface area contributed by atoms with Crippen molar-refractivity contribution in [2.75, 3.05) is 13.2 Å². The van der Waals surface area contributed by atoms with E-state index in [1.165, 1.54) is 12.1 Å². The molecule has 0 saturated heterocycles. The Morgan fingerprint density at radius 1 is 1.00 bits per heavy atom. The summed E-state index contributed by atoms with van der Waals surface area (Å²) >= 11 is 0. The number of carbonyl (C=O) groups is 2. The van der Waals surface area contributed by atoms with E-state index in [0.29, 0.717) is 13.0 Å². The normalized spacial score (nSPS) is 10.1. The van der Waals surface area contributed by atoms with Gasteiger partial charge in [0.2, 0.25) is 0 Å². The Morgan fingerprint density at radius 3 is 2.10 bits per heavy atom. The van der Waals surface area contributed by atoms with Crippen molar-refractivity contribution in [3.8, 4) is 0 Å². The molecule has 0 aromatic heterocycles. The minimum atomic E-state index is -0.430. The lowest BCUT2D eigenvalue weighted by molar-refractivity contribution is -0.150. The predicted octanol–water partition coefficient (Wildman–Crippen LogP) is 2.64. The zero-order valence-corrected chi connectivity index (χ0v) is 11.6. The Morgan fingerprint density at radius 2 is 1.55 bits per heavy atom. The van der Waals surface area contributed by atoms with Gasteiger partial charge < -0.3 is 9.47 Å². The molecule has 4 nitrogen and oxygen atoms in total. The van der Waals surface area contributed by atoms with Gasteiger partial charge in [-0.1, -0.05) is 19.1 Å². The molecule has 0 spiro atoms. The van der Waals surface area contributed by atoms with Crippen LogP contribution in [0, 0.1) is 5.82 Å². The first kappa shape index (κ1) is 16.1. The molecule has 0 fully saturated rings. The van der Waals surface area contributed by atoms with Crippen LogP contribution in [0.25, 0.3) is 0 Å². The maximum atomic E-state index is 12.7. The lowest BCUT2D eigenvalue weighted by atomic mass is 10.2. The summed E-state index contributed by atoms with van der Waals surface area (Å²) in [5, 5.41) is 0. The Kier molecular flexibility index (Phi) is 7.32. The highest BCUT2D eigenvalue weighted by Gasteiger charge is 2.08. The van der Waals surface area contributed by atoms with Crippen molar-refractivity contribution >= 4 is 11.9 Å². The van der Waals surface area contributed by atoms with Crippen LogP contribution in [0.2, 0.25) is 0 Å². The monoisotopic (exact) mass is 282 g/mol. The molecule has 1 aromatic rings. The highest BCUT2D eigenvalue weighted by Crippen LogP contribution is 2.04. The van der Waals surface area contributed by atoms with E-state index in [1.807, 2.05) is 6.92 Å². The van der Waals surface area contributed by atoms with E-state index in [9.17, 15) is 14.0 Å². The Balaban J connectivity index is 2.14. The molecule has 20 heavy (non-hydrogen) atoms. The fraction of sp³-hybridized carbons (Fsp3) is 0.467. The maximum absolute atomic E-state index is 12.7. The van der Waals surface area contributed by atoms with Crippen molar-refractivity contribution in [2.45, 2.75) is 32.6 Å². The number of rotatable bonds is 8. The van der Waals surface area contributed by atoms with Gasteiger partial charge in [-0.05, 0) is 24.1 Å². The van der Waals surface area contributed by atoms with Gasteiger partial charge in [0, 0.05) is 6.42 Å². The van der Waals surface area contributed by atoms with Crippen LogP contribution in [0.1, 0.15) is 31.7 Å². The number of benzene rings is 1. The molecule has 0 N–H and O–H groups in total. The van der Waals surface area contributed by atoms with E-state index in [-0.39, 0.29) is 31.2 Å². The largest absolute Gasteiger partial charge is 0.466 e. The number of carbonyl (C=O) groups excluding carboxylic acids is 2. The van der Waals surface area contributed by atoms with Crippen LogP contribution in [0.4, 0.5) is 4.39 Å². The van der Waals surface area contributed by atoms with Crippen molar-refractivity contribution in [3.63, 3.8) is 0 Å². The zero-order chi connectivity index (χ0) is 14.8. The van der Waals surface area contributed by atoms with Crippen LogP contribution < -0.4 is 0 Å². The van der Waals surface area contributed by atoms with Crippen LogP contribution in [0.3, 0.4) is 0 Å². The minimum Gasteiger partial charge on any atom is -0.466 e. The lowest BCUT2D eigenvalue weighted by Gasteiger charge is -2.05. The smallest absolute Gasteiger partial charge is 0.306 e. The second-order valence-corrected chi connectivity index (χ2v) is 4.32. The lowest BCUT2D eigenvalue weighted by Crippen LogP contribution is -2.12. The Labute approximate surface area is 117 Å². The summed E-state index contributed by atoms with van der Waals surface area (Å²) in [6.45, 7) is 2.49. The Hall–Kier alpha value is -1.91. The first-order chi connectivity index (χ1) is 9.61. The molecule has 0 heterocycles. The minimum absolute atomic E-state index is 0.0198. The van der Waals surface area contributed by atoms with Gasteiger partial charge in [-0.15, -0.1) is 0 Å². The van der Waals surface area contributed by atoms with Gasteiger partial charge in [0.15, 0.2) is 0 Å². The van der Waals surface area contributed by atoms with E-state index in [2.05, 4.69) is 0 Å². The predicted molar refractivity (Wildman–Crippen MR) is 71.5 cm³/mol. The number of ether oxygens (including phenoxy) is 2. The third kappa shape index (κ3) is 6.87. The molecule has 0 unspecified atom stereocenters. The second-order valence-electron chi connectivity index (χ2n) is 4.32. The van der Waals surface area contributed by atoms with E-state index >= 15 is 0 Å². The van der Waals surface area contributed by atoms with Crippen LogP contribution in [0.5, 0.6) is 0 Å². The van der Waals surface area contributed by atoms with Gasteiger partial charge in [0.25, 0.3) is 0 Å². The van der Waals surface area contributed by atoms with Gasteiger partial charge in [-0.3, -0.25) is 9.59 Å². The molecule has 0 atom stereocenters. The third-order valence-corrected chi connectivity index (χ3v) is 2.57. The molecule has 0 amide bonds. The zero-order valence-electron chi connectivity index (χ0n) is 11.6. The van der Waals surface area contributed by atoms with Gasteiger partial charge in [0.1, 0.15) is 5.82 Å². The molecular formula is C15H19FO4. The van der Waals surface area contributed by atoms with Gasteiger partial charge in [-0.2, -0.15) is 0 Å². The van der Waals surface area contributed by atoms with Crippen LogP contribution >= 0.6 is 0 Å². The SMILES string of the molecule is CCCOC(=O)CCC(=O)OCCc1ccc(F)cc1. The molecule has 1 rings (SSSR count). The third-order valence-electron chi connectivity index (χ3n) is 2.57. The number of halogens is 1. The average molecular weight is 282 g/mol. The molecule has 0 bridgehead atoms. The molecule has 5 heteroatoms. The summed E-state index contributed by atoms with van der Waals surface area (Å²) in [5.74, 6) is -1.11. The van der Waals surface area contributed by atoms with Crippen molar-refractivity contribution in [1.29, 1.82) is 0 Å². The highest BCUT2D eigenvalue weighted by molar-refractivity contribution is 5.77. The summed E-state index contributed by atoms with van der Waals surface area (Å²) in [4.78, 5) is 22.5. The number of hydrogen-bond acceptors (Lipinski definition) is 4. The molecular weight excluding hydrogens is 263 g/mol. The number of hydrogen-bond donors (Lipinski definition) is 0. The quantitative estimate of drug-likeness (QED) is 0.688. The van der Waals surface area contributed by atoms with Crippen LogP contribution in [0.15, 0.2) is 24.3 Å². The summed E-state index contributed by atoms with van der Waals surface area (Å²) in [6.07, 6.45) is 1.33. The maximum Gasteiger partial charge on any atom is 0.306 e. The van der Waals surface area contributed by atoms with Crippen molar-refractivity contribution in [3.05, 3.63) is 35.6 Å². The van der Waals surface area contributed by atoms with Crippen LogP contribution in [-0.2, 0) is 25.5 Å². The fourth-order valence-electron chi connectivity index (χ4n) is 1.50. The van der Waals surface area contributed by atoms with Gasteiger partial charge in [-0.25, -0.2) is 4.39 Å². The fourth-order valence-corrected chi connectivity index (χ4v) is 1.50. The number of esters is 2. The van der Waals surface area contributed by atoms with Gasteiger partial charge >= 0.3 is 11.9 Å². The van der Waals surface area contributed by atoms with Crippen molar-refractivity contribution in [1.82, 2.24) is 0 Å². The standard InChI is InChI=1S/C15H19FO4/c1-2-10-19-14(17)7-8-15(18)20-11-9-12-3-5-13(16)6-4-12/h3-6H,2,7-11H2,1H3. The highest BCUT2D eigenvalue weighted by atomic mass is 19.1. The van der Waals surface area contributed by atoms with E-state index in [4.69, 9.17) is 9.47 Å². The molecule has 1 aromatic carbocycles. The van der Waals surface area contributed by atoms with E-state index in [1.54, 1.807) is 12.1 Å². The molecule has 0 saturated carbocycles. The second kappa shape index (κ2) is 9.07. The first-order valence-corrected chi connectivity index (χ1v) is 6.67. The molecule has 0 aliphatic rings. The molecule has 0 aliphatic carbocycles. The van der Waals surface area contributed by atoms with E-state index in [0.717, 1.165) is 12.0 Å². The summed E-state index contributed by atoms with van der Waals surface area (Å²) < 4.78 is 22.5. The molecule has 110 valence electrons. The van der Waals surface area contributed by atoms with Crippen molar-refractivity contribution in [2.24, 2.45) is 0 Å². The Bertz CT molecular complexity index is 428. The van der Waals surface area contributed by atoms with E-state index < -0.39 is 5.97 Å². The van der Waals surface area contributed by atoms with Gasteiger partial charge in [0.05, 0.1) is 26.1 Å². The summed E-state index contributed by atoms with van der Waals surface area (Å²) in [6, 6.07) is 6.01. The summed E-state index contributed by atoms with van der Waals surface area (Å²) in [7, 11) is 0. The average Bonchev–Trinajstić information content (AvgIpc) is 2.45. The first-order valence-electron chi connectivity index (χ1n) is 6.67. The van der Waals surface area contributed by atoms with Crippen molar-refractivity contribution < 1.29 is 23.5 Å². The van der Waals surface area contributed by atoms with Crippen LogP contribution in [-0.4, -0.2) is 25.2 Å². The molecule has 0 aliphatic heterocycles. The topological polar surface area (TPSA) is 52.6 Å².